The number of benzene rings is 1. The van der Waals surface area contributed by atoms with Crippen molar-refractivity contribution in [2.75, 3.05) is 0 Å². The minimum absolute atomic E-state index is 0.101. The number of hydrogen-bond acceptors (Lipinski definition) is 4. The van der Waals surface area contributed by atoms with Crippen molar-refractivity contribution in [3.05, 3.63) is 63.8 Å². The maximum atomic E-state index is 12.9. The lowest BCUT2D eigenvalue weighted by molar-refractivity contribution is -0.137. The van der Waals surface area contributed by atoms with Crippen LogP contribution in [-0.4, -0.2) is 26.3 Å². The van der Waals surface area contributed by atoms with Crippen LogP contribution in [0, 0.1) is 5.41 Å². The molecule has 0 aliphatic carbocycles. The molecule has 1 aliphatic rings. The van der Waals surface area contributed by atoms with Crippen molar-refractivity contribution in [1.82, 2.24) is 19.9 Å². The molecule has 0 radical (unpaired) electrons. The first-order valence-electron chi connectivity index (χ1n) is 10.4. The maximum absolute atomic E-state index is 12.9. The monoisotopic (exact) mass is 459 g/mol. The summed E-state index contributed by atoms with van der Waals surface area (Å²) < 4.78 is 40.3. The fraction of sp³-hybridized carbons (Fsp3) is 0.391. The van der Waals surface area contributed by atoms with Crippen LogP contribution in [0.4, 0.5) is 13.2 Å². The minimum atomic E-state index is -4.52. The van der Waals surface area contributed by atoms with Crippen molar-refractivity contribution < 1.29 is 18.0 Å². The Labute approximate surface area is 187 Å². The summed E-state index contributed by atoms with van der Waals surface area (Å²) in [5.74, 6) is -0.242. The zero-order valence-corrected chi connectivity index (χ0v) is 18.8. The van der Waals surface area contributed by atoms with Crippen LogP contribution >= 0.6 is 0 Å². The summed E-state index contributed by atoms with van der Waals surface area (Å²) in [6.07, 6.45) is -3.83. The highest BCUT2D eigenvalue weighted by Crippen LogP contribution is 2.34. The highest BCUT2D eigenvalue weighted by Gasteiger charge is 2.43. The molecule has 1 aromatic carbocycles. The molecule has 0 fully saturated rings. The molecule has 10 heteroatoms. The molecule has 7 nitrogen and oxygen atoms in total. The predicted molar refractivity (Wildman–Crippen MR) is 118 cm³/mol. The van der Waals surface area contributed by atoms with Gasteiger partial charge >= 0.3 is 11.9 Å². The van der Waals surface area contributed by atoms with Gasteiger partial charge in [0.25, 0.3) is 5.91 Å². The number of fused-ring (bicyclic) bond motifs is 1. The molecule has 0 spiro atoms. The van der Waals surface area contributed by atoms with Crippen LogP contribution in [0.5, 0.6) is 0 Å². The Hall–Kier alpha value is -3.43. The normalized spacial score (nSPS) is 20.1. The molecule has 2 atom stereocenters. The minimum Gasteiger partial charge on any atom is -0.308 e. The summed E-state index contributed by atoms with van der Waals surface area (Å²) in [6, 6.07) is 7.14. The van der Waals surface area contributed by atoms with Gasteiger partial charge in [0.1, 0.15) is 5.84 Å². The molecule has 0 saturated heterocycles. The average molecular weight is 459 g/mol. The Morgan fingerprint density at radius 3 is 2.36 bits per heavy atom. The van der Waals surface area contributed by atoms with E-state index in [0.29, 0.717) is 22.8 Å². The molecule has 174 valence electrons. The van der Waals surface area contributed by atoms with E-state index in [4.69, 9.17) is 0 Å². The molecule has 2 N–H and O–H groups in total. The molecule has 1 aliphatic heterocycles. The van der Waals surface area contributed by atoms with Gasteiger partial charge in [0, 0.05) is 17.8 Å². The van der Waals surface area contributed by atoms with Crippen molar-refractivity contribution in [3.8, 4) is 0 Å². The molecule has 0 unspecified atom stereocenters. The van der Waals surface area contributed by atoms with Crippen LogP contribution in [0.1, 0.15) is 57.5 Å². The van der Waals surface area contributed by atoms with Crippen LogP contribution in [0.25, 0.3) is 11.0 Å². The standard InChI is InChI=1S/C23H24F3N5O2/c1-12(21(2,3)4)31-16-10-13(6-8-15(16)28-20(31)33)18-29-19(32)22(5,30-18)17-9-7-14(11-27-17)23(24,25)26/h6-12H,1-5H3,(H,28,33)(H,29,30,32)/t12-,22+/m1/s1. The van der Waals surface area contributed by atoms with E-state index < -0.39 is 23.2 Å². The van der Waals surface area contributed by atoms with E-state index in [1.54, 1.807) is 22.8 Å². The highest BCUT2D eigenvalue weighted by molar-refractivity contribution is 6.16. The summed E-state index contributed by atoms with van der Waals surface area (Å²) in [4.78, 5) is 36.6. The molecule has 1 amide bonds. The zero-order valence-electron chi connectivity index (χ0n) is 18.8. The molecule has 3 heterocycles. The fourth-order valence-corrected chi connectivity index (χ4v) is 3.73. The number of carbonyl (C=O) groups is 1. The molecule has 0 saturated carbocycles. The third kappa shape index (κ3) is 3.83. The number of rotatable bonds is 3. The molecule has 2 aromatic heterocycles. The van der Waals surface area contributed by atoms with Crippen molar-refractivity contribution in [1.29, 1.82) is 0 Å². The Balaban J connectivity index is 1.77. The van der Waals surface area contributed by atoms with Gasteiger partial charge in [0.05, 0.1) is 22.3 Å². The van der Waals surface area contributed by atoms with E-state index in [0.717, 1.165) is 12.1 Å². The number of pyridine rings is 1. The van der Waals surface area contributed by atoms with E-state index in [2.05, 4.69) is 20.3 Å². The van der Waals surface area contributed by atoms with Gasteiger partial charge in [-0.3, -0.25) is 14.3 Å². The van der Waals surface area contributed by atoms with Crippen LogP contribution < -0.4 is 11.0 Å². The maximum Gasteiger partial charge on any atom is 0.417 e. The predicted octanol–water partition coefficient (Wildman–Crippen LogP) is 4.14. The Morgan fingerprint density at radius 1 is 1.09 bits per heavy atom. The number of carbonyl (C=O) groups excluding carboxylic acids is 1. The largest absolute Gasteiger partial charge is 0.417 e. The van der Waals surface area contributed by atoms with Crippen molar-refractivity contribution in [3.63, 3.8) is 0 Å². The number of aromatic nitrogens is 3. The molecule has 33 heavy (non-hydrogen) atoms. The number of halogens is 3. The van der Waals surface area contributed by atoms with Gasteiger partial charge in [-0.1, -0.05) is 20.8 Å². The summed E-state index contributed by atoms with van der Waals surface area (Å²) in [5.41, 5.74) is -0.812. The second kappa shape index (κ2) is 7.29. The topological polar surface area (TPSA) is 92.1 Å². The van der Waals surface area contributed by atoms with Gasteiger partial charge in [-0.15, -0.1) is 0 Å². The van der Waals surface area contributed by atoms with Gasteiger partial charge in [0.15, 0.2) is 5.54 Å². The quantitative estimate of drug-likeness (QED) is 0.617. The first-order valence-corrected chi connectivity index (χ1v) is 10.4. The number of aromatic amines is 1. The summed E-state index contributed by atoms with van der Waals surface area (Å²) >= 11 is 0. The van der Waals surface area contributed by atoms with Crippen molar-refractivity contribution in [2.24, 2.45) is 10.4 Å². The van der Waals surface area contributed by atoms with E-state index in [1.807, 2.05) is 27.7 Å². The van der Waals surface area contributed by atoms with Crippen LogP contribution in [-0.2, 0) is 16.5 Å². The lowest BCUT2D eigenvalue weighted by atomic mass is 9.88. The highest BCUT2D eigenvalue weighted by atomic mass is 19.4. The summed E-state index contributed by atoms with van der Waals surface area (Å²) in [5, 5.41) is 2.71. The molecular formula is C23H24F3N5O2. The number of H-pyrrole nitrogens is 1. The van der Waals surface area contributed by atoms with Crippen LogP contribution in [0.3, 0.4) is 0 Å². The number of amides is 1. The smallest absolute Gasteiger partial charge is 0.308 e. The van der Waals surface area contributed by atoms with Gasteiger partial charge < -0.3 is 10.3 Å². The number of nitrogens with zero attached hydrogens (tertiary/aromatic N) is 3. The number of aliphatic imine (C=N–C) groups is 1. The van der Waals surface area contributed by atoms with Crippen molar-refractivity contribution >= 4 is 22.8 Å². The van der Waals surface area contributed by atoms with Gasteiger partial charge in [-0.25, -0.2) is 9.79 Å². The van der Waals surface area contributed by atoms with Gasteiger partial charge in [0.2, 0.25) is 0 Å². The second-order valence-electron chi connectivity index (χ2n) is 9.49. The lowest BCUT2D eigenvalue weighted by Crippen LogP contribution is -2.36. The van der Waals surface area contributed by atoms with E-state index in [-0.39, 0.29) is 28.7 Å². The van der Waals surface area contributed by atoms with Crippen LogP contribution in [0.15, 0.2) is 46.3 Å². The van der Waals surface area contributed by atoms with Crippen molar-refractivity contribution in [2.45, 2.75) is 52.4 Å². The number of hydrogen-bond donors (Lipinski definition) is 2. The fourth-order valence-electron chi connectivity index (χ4n) is 3.73. The Morgan fingerprint density at radius 2 is 1.79 bits per heavy atom. The van der Waals surface area contributed by atoms with Gasteiger partial charge in [-0.2, -0.15) is 13.2 Å². The third-order valence-corrected chi connectivity index (χ3v) is 6.23. The Bertz CT molecular complexity index is 1330. The summed E-state index contributed by atoms with van der Waals surface area (Å²) in [6.45, 7) is 9.57. The summed E-state index contributed by atoms with van der Waals surface area (Å²) in [7, 11) is 0. The first kappa shape index (κ1) is 22.8. The number of alkyl halides is 3. The Kier molecular flexibility index (Phi) is 5.03. The molecule has 3 aromatic rings. The molecule has 0 bridgehead atoms. The third-order valence-electron chi connectivity index (χ3n) is 6.23. The molecular weight excluding hydrogens is 435 g/mol. The number of imidazole rings is 1. The average Bonchev–Trinajstić information content (AvgIpc) is 3.21. The molecule has 4 rings (SSSR count). The van der Waals surface area contributed by atoms with Crippen LogP contribution in [0.2, 0.25) is 0 Å². The lowest BCUT2D eigenvalue weighted by Gasteiger charge is -2.28. The van der Waals surface area contributed by atoms with E-state index >= 15 is 0 Å². The van der Waals surface area contributed by atoms with E-state index in [9.17, 15) is 22.8 Å². The number of amidine groups is 1. The van der Waals surface area contributed by atoms with E-state index in [1.165, 1.54) is 6.92 Å². The number of nitrogens with one attached hydrogen (secondary N) is 2. The first-order chi connectivity index (χ1) is 15.2. The second-order valence-corrected chi connectivity index (χ2v) is 9.49. The SMILES string of the molecule is C[C@@H](n1c(=O)[nH]c2ccc(C3=N[C@@](C)(c4ccc(C(F)(F)F)cn4)C(=O)N3)cc21)C(C)(C)C. The van der Waals surface area contributed by atoms with Gasteiger partial charge in [-0.05, 0) is 49.6 Å². The zero-order chi connectivity index (χ0) is 24.3.